The molecule has 0 radical (unpaired) electrons. The zero-order valence-corrected chi connectivity index (χ0v) is 17.5. The Morgan fingerprint density at radius 1 is 1.17 bits per heavy atom. The van der Waals surface area contributed by atoms with Gasteiger partial charge in [-0.25, -0.2) is 4.79 Å². The number of rotatable bonds is 10. The first-order valence-corrected chi connectivity index (χ1v) is 10.1. The van der Waals surface area contributed by atoms with Crippen molar-refractivity contribution in [1.29, 1.82) is 0 Å². The summed E-state index contributed by atoms with van der Waals surface area (Å²) >= 11 is 0. The zero-order chi connectivity index (χ0) is 20.6. The Hall–Kier alpha value is -2.57. The van der Waals surface area contributed by atoms with Gasteiger partial charge >= 0.3 is 6.03 Å². The average molecular weight is 398 g/mol. The van der Waals surface area contributed by atoms with Crippen molar-refractivity contribution in [2.45, 2.75) is 25.5 Å². The number of anilines is 1. The number of hydrogen-bond acceptors (Lipinski definition) is 4. The minimum absolute atomic E-state index is 0.0637. The number of amides is 2. The van der Waals surface area contributed by atoms with Gasteiger partial charge in [-0.1, -0.05) is 24.3 Å². The molecule has 29 heavy (non-hydrogen) atoms. The number of carbonyl (C=O) groups is 1. The Balaban J connectivity index is 1.50. The van der Waals surface area contributed by atoms with Crippen LogP contribution in [0.3, 0.4) is 0 Å². The van der Waals surface area contributed by atoms with E-state index in [0.717, 1.165) is 35.1 Å². The minimum Gasteiger partial charge on any atom is -0.497 e. The molecule has 2 N–H and O–H groups in total. The summed E-state index contributed by atoms with van der Waals surface area (Å²) in [5.74, 6) is 1.57. The largest absolute Gasteiger partial charge is 0.497 e. The summed E-state index contributed by atoms with van der Waals surface area (Å²) in [5.41, 5.74) is 2.94. The predicted molar refractivity (Wildman–Crippen MR) is 115 cm³/mol. The fourth-order valence-electron chi connectivity index (χ4n) is 3.16. The molecule has 1 fully saturated rings. The van der Waals surface area contributed by atoms with Crippen LogP contribution in [0.1, 0.15) is 30.0 Å². The molecule has 2 amide bonds. The Bertz CT molecular complexity index is 788. The lowest BCUT2D eigenvalue weighted by molar-refractivity contribution is 0.111. The molecule has 156 valence electrons. The smallest absolute Gasteiger partial charge is 0.319 e. The molecule has 1 atom stereocenters. The van der Waals surface area contributed by atoms with Crippen molar-refractivity contribution in [1.82, 2.24) is 10.2 Å². The summed E-state index contributed by atoms with van der Waals surface area (Å²) in [7, 11) is 5.65. The fraction of sp³-hybridized carbons (Fsp3) is 0.435. The maximum Gasteiger partial charge on any atom is 0.319 e. The fourth-order valence-corrected chi connectivity index (χ4v) is 3.16. The molecule has 0 aromatic heterocycles. The molecule has 3 rings (SSSR count). The number of likely N-dealkylation sites (N-methyl/N-ethyl adjacent to an activating group) is 1. The highest BCUT2D eigenvalue weighted by molar-refractivity contribution is 5.89. The average Bonchev–Trinajstić information content (AvgIpc) is 3.53. The molecule has 6 heteroatoms. The van der Waals surface area contributed by atoms with Crippen LogP contribution in [0, 0.1) is 5.92 Å². The zero-order valence-electron chi connectivity index (χ0n) is 17.5. The molecule has 0 heterocycles. The van der Waals surface area contributed by atoms with Crippen LogP contribution in [0.15, 0.2) is 48.5 Å². The highest BCUT2D eigenvalue weighted by atomic mass is 16.5. The topological polar surface area (TPSA) is 62.8 Å². The van der Waals surface area contributed by atoms with Crippen LogP contribution in [-0.4, -0.2) is 45.3 Å². The second kappa shape index (κ2) is 10.3. The van der Waals surface area contributed by atoms with Gasteiger partial charge in [0, 0.05) is 18.8 Å². The lowest BCUT2D eigenvalue weighted by Gasteiger charge is -2.25. The lowest BCUT2D eigenvalue weighted by Crippen LogP contribution is -2.36. The van der Waals surface area contributed by atoms with Crippen LogP contribution in [0.5, 0.6) is 5.75 Å². The van der Waals surface area contributed by atoms with Crippen LogP contribution in [-0.2, 0) is 11.3 Å². The van der Waals surface area contributed by atoms with Gasteiger partial charge in [0.2, 0.25) is 0 Å². The Labute approximate surface area is 173 Å². The van der Waals surface area contributed by atoms with Crippen molar-refractivity contribution in [2.24, 2.45) is 5.92 Å². The van der Waals surface area contributed by atoms with Gasteiger partial charge < -0.3 is 25.0 Å². The van der Waals surface area contributed by atoms with Crippen LogP contribution in [0.4, 0.5) is 10.5 Å². The van der Waals surface area contributed by atoms with E-state index in [1.165, 1.54) is 12.8 Å². The minimum atomic E-state index is -0.221. The molecule has 1 aliphatic carbocycles. The Kier molecular flexibility index (Phi) is 7.49. The first-order chi connectivity index (χ1) is 14.0. The van der Waals surface area contributed by atoms with Gasteiger partial charge in [-0.05, 0) is 68.2 Å². The monoisotopic (exact) mass is 397 g/mol. The van der Waals surface area contributed by atoms with E-state index >= 15 is 0 Å². The molecular formula is C23H31N3O3. The molecule has 0 spiro atoms. The number of nitrogens with one attached hydrogen (secondary N) is 2. The highest BCUT2D eigenvalue weighted by Gasteiger charge is 2.21. The summed E-state index contributed by atoms with van der Waals surface area (Å²) in [6.45, 7) is 1.90. The molecular weight excluding hydrogens is 366 g/mol. The van der Waals surface area contributed by atoms with Crippen LogP contribution >= 0.6 is 0 Å². The van der Waals surface area contributed by atoms with Gasteiger partial charge in [-0.15, -0.1) is 0 Å². The first kappa shape index (κ1) is 21.1. The van der Waals surface area contributed by atoms with Crippen molar-refractivity contribution in [3.05, 3.63) is 59.7 Å². The molecule has 1 saturated carbocycles. The van der Waals surface area contributed by atoms with E-state index in [1.54, 1.807) is 7.11 Å². The number of ether oxygens (including phenoxy) is 2. The molecule has 0 bridgehead atoms. The van der Waals surface area contributed by atoms with Gasteiger partial charge in [-0.3, -0.25) is 0 Å². The van der Waals surface area contributed by atoms with Crippen molar-refractivity contribution >= 4 is 11.7 Å². The Morgan fingerprint density at radius 2 is 1.93 bits per heavy atom. The van der Waals surface area contributed by atoms with E-state index in [2.05, 4.69) is 15.5 Å². The standard InChI is InChI=1S/C23H31N3O3/c1-26(2)22(19-9-11-21(28-3)12-10-19)14-24-23(27)25-20-6-4-5-18(13-20)16-29-15-17-7-8-17/h4-6,9-13,17,22H,7-8,14-16H2,1-3H3,(H2,24,25,27). The van der Waals surface area contributed by atoms with Crippen molar-refractivity contribution in [3.63, 3.8) is 0 Å². The maximum atomic E-state index is 12.4. The van der Waals surface area contributed by atoms with Crippen LogP contribution < -0.4 is 15.4 Å². The van der Waals surface area contributed by atoms with Crippen molar-refractivity contribution < 1.29 is 14.3 Å². The maximum absolute atomic E-state index is 12.4. The quantitative estimate of drug-likeness (QED) is 0.635. The number of hydrogen-bond donors (Lipinski definition) is 2. The van der Waals surface area contributed by atoms with E-state index in [4.69, 9.17) is 9.47 Å². The van der Waals surface area contributed by atoms with E-state index < -0.39 is 0 Å². The number of carbonyl (C=O) groups excluding carboxylic acids is 1. The summed E-state index contributed by atoms with van der Waals surface area (Å²) in [6.07, 6.45) is 2.57. The molecule has 6 nitrogen and oxygen atoms in total. The Morgan fingerprint density at radius 3 is 2.59 bits per heavy atom. The molecule has 1 aliphatic rings. The summed E-state index contributed by atoms with van der Waals surface area (Å²) in [5, 5.41) is 5.89. The molecule has 1 unspecified atom stereocenters. The number of benzene rings is 2. The van der Waals surface area contributed by atoms with Crippen molar-refractivity contribution in [3.8, 4) is 5.75 Å². The summed E-state index contributed by atoms with van der Waals surface area (Å²) < 4.78 is 11.0. The third-order valence-corrected chi connectivity index (χ3v) is 5.08. The SMILES string of the molecule is COc1ccc(C(CNC(=O)Nc2cccc(COCC3CC3)c2)N(C)C)cc1. The first-order valence-electron chi connectivity index (χ1n) is 10.1. The molecule has 2 aromatic rings. The molecule has 0 aliphatic heterocycles. The van der Waals surface area contributed by atoms with Crippen LogP contribution in [0.2, 0.25) is 0 Å². The van der Waals surface area contributed by atoms with E-state index in [-0.39, 0.29) is 12.1 Å². The third-order valence-electron chi connectivity index (χ3n) is 5.08. The predicted octanol–water partition coefficient (Wildman–Crippen LogP) is 4.05. The van der Waals surface area contributed by atoms with Gasteiger partial charge in [0.1, 0.15) is 5.75 Å². The lowest BCUT2D eigenvalue weighted by atomic mass is 10.1. The molecule has 0 saturated heterocycles. The van der Waals surface area contributed by atoms with Crippen molar-refractivity contribution in [2.75, 3.05) is 39.7 Å². The normalized spacial score (nSPS) is 14.5. The second-order valence-electron chi connectivity index (χ2n) is 7.75. The second-order valence-corrected chi connectivity index (χ2v) is 7.75. The molecule has 2 aromatic carbocycles. The van der Waals surface area contributed by atoms with Gasteiger partial charge in [0.05, 0.1) is 19.8 Å². The summed E-state index contributed by atoms with van der Waals surface area (Å²) in [4.78, 5) is 14.5. The third kappa shape index (κ3) is 6.76. The van der Waals surface area contributed by atoms with E-state index in [0.29, 0.717) is 13.2 Å². The summed E-state index contributed by atoms with van der Waals surface area (Å²) in [6, 6.07) is 15.5. The van der Waals surface area contributed by atoms with Gasteiger partial charge in [-0.2, -0.15) is 0 Å². The van der Waals surface area contributed by atoms with E-state index in [9.17, 15) is 4.79 Å². The number of urea groups is 1. The number of methoxy groups -OCH3 is 1. The van der Waals surface area contributed by atoms with Gasteiger partial charge in [0.15, 0.2) is 0 Å². The van der Waals surface area contributed by atoms with Gasteiger partial charge in [0.25, 0.3) is 0 Å². The van der Waals surface area contributed by atoms with Crippen LogP contribution in [0.25, 0.3) is 0 Å². The number of nitrogens with zero attached hydrogens (tertiary/aromatic N) is 1. The highest BCUT2D eigenvalue weighted by Crippen LogP contribution is 2.29. The van der Waals surface area contributed by atoms with E-state index in [1.807, 2.05) is 62.6 Å².